The Morgan fingerprint density at radius 1 is 1.55 bits per heavy atom. The Labute approximate surface area is 112 Å². The molecule has 1 aromatic rings. The average Bonchev–Trinajstić information content (AvgIpc) is 2.37. The van der Waals surface area contributed by atoms with Crippen molar-refractivity contribution < 1.29 is 23.6 Å². The summed E-state index contributed by atoms with van der Waals surface area (Å²) in [6, 6.07) is 1.69. The second kappa shape index (κ2) is 6.60. The summed E-state index contributed by atoms with van der Waals surface area (Å²) in [4.78, 5) is 20.7. The van der Waals surface area contributed by atoms with E-state index in [1.54, 1.807) is 0 Å². The Bertz CT molecular complexity index is 534. The molecule has 20 heavy (non-hydrogen) atoms. The Morgan fingerprint density at radius 2 is 2.20 bits per heavy atom. The molecule has 1 aromatic carbocycles. The zero-order valence-electron chi connectivity index (χ0n) is 10.3. The zero-order chi connectivity index (χ0) is 15.3. The second-order valence-electron chi connectivity index (χ2n) is 3.89. The number of carbonyl (C=O) groups is 1. The number of hydrogen-bond donors (Lipinski definition) is 2. The van der Waals surface area contributed by atoms with Crippen LogP contribution >= 0.6 is 0 Å². The highest BCUT2D eigenvalue weighted by molar-refractivity contribution is 5.78. The van der Waals surface area contributed by atoms with Gasteiger partial charge in [0.15, 0.2) is 0 Å². The molecule has 0 aliphatic rings. The molecule has 0 aromatic heterocycles. The van der Waals surface area contributed by atoms with Crippen molar-refractivity contribution in [3.05, 3.63) is 46.5 Å². The smallest absolute Gasteiger partial charge is 0.326 e. The van der Waals surface area contributed by atoms with Crippen molar-refractivity contribution in [3.63, 3.8) is 0 Å². The molecule has 0 fully saturated rings. The van der Waals surface area contributed by atoms with E-state index in [-0.39, 0.29) is 12.1 Å². The summed E-state index contributed by atoms with van der Waals surface area (Å²) in [5.41, 5.74) is -1.25. The molecule has 1 rings (SSSR count). The quantitative estimate of drug-likeness (QED) is 0.456. The van der Waals surface area contributed by atoms with Gasteiger partial charge in [-0.1, -0.05) is 6.08 Å². The maximum Gasteiger partial charge on any atom is 0.326 e. The monoisotopic (exact) mass is 286 g/mol. The first kappa shape index (κ1) is 15.5. The third kappa shape index (κ3) is 3.74. The summed E-state index contributed by atoms with van der Waals surface area (Å²) in [6.45, 7) is 3.38. The Kier molecular flexibility index (Phi) is 5.13. The van der Waals surface area contributed by atoms with E-state index in [0.717, 1.165) is 18.2 Å². The molecule has 0 aliphatic carbocycles. The highest BCUT2D eigenvalue weighted by Crippen LogP contribution is 2.31. The van der Waals surface area contributed by atoms with Crippen LogP contribution < -0.4 is 5.32 Å². The number of alkyl halides is 2. The van der Waals surface area contributed by atoms with Gasteiger partial charge in [0.25, 0.3) is 12.1 Å². The number of nitrogens with zero attached hydrogens (tertiary/aromatic N) is 1. The van der Waals surface area contributed by atoms with Crippen molar-refractivity contribution in [1.82, 2.24) is 0 Å². The van der Waals surface area contributed by atoms with Gasteiger partial charge in [-0.2, -0.15) is 0 Å². The van der Waals surface area contributed by atoms with Crippen LogP contribution in [0.25, 0.3) is 0 Å². The lowest BCUT2D eigenvalue weighted by Crippen LogP contribution is -2.29. The van der Waals surface area contributed by atoms with E-state index in [1.165, 1.54) is 6.08 Å². The SMILES string of the molecule is C=CCC(Nc1ccc([N+](=O)[O-])cc1C(F)F)C(=O)O. The summed E-state index contributed by atoms with van der Waals surface area (Å²) in [6.07, 6.45) is -1.61. The summed E-state index contributed by atoms with van der Waals surface area (Å²) < 4.78 is 25.8. The van der Waals surface area contributed by atoms with E-state index < -0.39 is 34.6 Å². The van der Waals surface area contributed by atoms with E-state index in [0.29, 0.717) is 0 Å². The number of benzene rings is 1. The van der Waals surface area contributed by atoms with Gasteiger partial charge >= 0.3 is 5.97 Å². The van der Waals surface area contributed by atoms with Gasteiger partial charge in [-0.3, -0.25) is 10.1 Å². The predicted octanol–water partition coefficient (Wildman–Crippen LogP) is 2.97. The number of aliphatic carboxylic acids is 1. The first-order valence-corrected chi connectivity index (χ1v) is 5.53. The van der Waals surface area contributed by atoms with Gasteiger partial charge in [-0.05, 0) is 12.5 Å². The molecule has 108 valence electrons. The molecule has 0 amide bonds. The second-order valence-corrected chi connectivity index (χ2v) is 3.89. The highest BCUT2D eigenvalue weighted by Gasteiger charge is 2.22. The first-order valence-electron chi connectivity index (χ1n) is 5.53. The van der Waals surface area contributed by atoms with Crippen molar-refractivity contribution in [2.24, 2.45) is 0 Å². The number of halogens is 2. The molecule has 1 atom stereocenters. The standard InChI is InChI=1S/C12H12F2N2O4/c1-2-3-10(12(17)18)15-9-5-4-7(16(19)20)6-8(9)11(13)14/h2,4-6,10-11,15H,1,3H2,(H,17,18). The lowest BCUT2D eigenvalue weighted by molar-refractivity contribution is -0.385. The molecule has 0 spiro atoms. The van der Waals surface area contributed by atoms with Crippen LogP contribution in [0, 0.1) is 10.1 Å². The number of hydrogen-bond acceptors (Lipinski definition) is 4. The summed E-state index contributed by atoms with van der Waals surface area (Å²) >= 11 is 0. The number of anilines is 1. The Morgan fingerprint density at radius 3 is 2.65 bits per heavy atom. The normalized spacial score (nSPS) is 11.9. The number of nitrogens with one attached hydrogen (secondary N) is 1. The van der Waals surface area contributed by atoms with Crippen LogP contribution in [0.15, 0.2) is 30.9 Å². The predicted molar refractivity (Wildman–Crippen MR) is 67.9 cm³/mol. The molecule has 0 saturated carbocycles. The molecule has 1 unspecified atom stereocenters. The Hall–Kier alpha value is -2.51. The van der Waals surface area contributed by atoms with Crippen molar-refractivity contribution in [2.45, 2.75) is 18.9 Å². The van der Waals surface area contributed by atoms with Gasteiger partial charge in [0.05, 0.1) is 4.92 Å². The summed E-state index contributed by atoms with van der Waals surface area (Å²) in [7, 11) is 0. The maximum absolute atomic E-state index is 12.9. The van der Waals surface area contributed by atoms with Crippen molar-refractivity contribution >= 4 is 17.3 Å². The lowest BCUT2D eigenvalue weighted by atomic mass is 10.1. The molecule has 0 heterocycles. The third-order valence-electron chi connectivity index (χ3n) is 2.51. The van der Waals surface area contributed by atoms with Crippen molar-refractivity contribution in [2.75, 3.05) is 5.32 Å². The molecule has 0 saturated heterocycles. The van der Waals surface area contributed by atoms with Gasteiger partial charge in [-0.25, -0.2) is 13.6 Å². The van der Waals surface area contributed by atoms with Gasteiger partial charge in [0, 0.05) is 23.4 Å². The largest absolute Gasteiger partial charge is 0.480 e. The minimum Gasteiger partial charge on any atom is -0.480 e. The minimum absolute atomic E-state index is 0.0228. The van der Waals surface area contributed by atoms with Crippen molar-refractivity contribution in [1.29, 1.82) is 0 Å². The Balaban J connectivity index is 3.13. The summed E-state index contributed by atoms with van der Waals surface area (Å²) in [5, 5.41) is 21.9. The first-order chi connectivity index (χ1) is 9.36. The number of nitro benzene ring substituents is 1. The van der Waals surface area contributed by atoms with Crippen LogP contribution in [-0.2, 0) is 4.79 Å². The molecule has 0 radical (unpaired) electrons. The fourth-order valence-electron chi connectivity index (χ4n) is 1.55. The fourth-order valence-corrected chi connectivity index (χ4v) is 1.55. The fraction of sp³-hybridized carbons (Fsp3) is 0.250. The van der Waals surface area contributed by atoms with Gasteiger partial charge in [-0.15, -0.1) is 6.58 Å². The maximum atomic E-state index is 12.9. The van der Waals surface area contributed by atoms with Gasteiger partial charge in [0.2, 0.25) is 0 Å². The van der Waals surface area contributed by atoms with E-state index in [1.807, 2.05) is 0 Å². The number of carboxylic acids is 1. The van der Waals surface area contributed by atoms with Crippen molar-refractivity contribution in [3.8, 4) is 0 Å². The van der Waals surface area contributed by atoms with Crippen LogP contribution in [0.3, 0.4) is 0 Å². The number of non-ortho nitro benzene ring substituents is 1. The van der Waals surface area contributed by atoms with Crippen LogP contribution in [0.1, 0.15) is 18.4 Å². The molecular weight excluding hydrogens is 274 g/mol. The third-order valence-corrected chi connectivity index (χ3v) is 2.51. The molecule has 6 nitrogen and oxygen atoms in total. The van der Waals surface area contributed by atoms with Gasteiger partial charge in [0.1, 0.15) is 6.04 Å². The summed E-state index contributed by atoms with van der Waals surface area (Å²) in [5.74, 6) is -1.23. The molecule has 8 heteroatoms. The number of carboxylic acid groups (broad SMARTS) is 1. The molecule has 0 bridgehead atoms. The average molecular weight is 286 g/mol. The van der Waals surface area contributed by atoms with E-state index >= 15 is 0 Å². The van der Waals surface area contributed by atoms with Crippen LogP contribution in [-0.4, -0.2) is 22.0 Å². The number of nitro groups is 1. The highest BCUT2D eigenvalue weighted by atomic mass is 19.3. The van der Waals surface area contributed by atoms with E-state index in [4.69, 9.17) is 5.11 Å². The lowest BCUT2D eigenvalue weighted by Gasteiger charge is -2.16. The van der Waals surface area contributed by atoms with Crippen LogP contribution in [0.4, 0.5) is 20.2 Å². The molecule has 0 aliphatic heterocycles. The zero-order valence-corrected chi connectivity index (χ0v) is 10.3. The number of rotatable bonds is 7. The molecule has 2 N–H and O–H groups in total. The van der Waals surface area contributed by atoms with E-state index in [2.05, 4.69) is 11.9 Å². The van der Waals surface area contributed by atoms with Crippen LogP contribution in [0.2, 0.25) is 0 Å². The molecular formula is C12H12F2N2O4. The van der Waals surface area contributed by atoms with Crippen LogP contribution in [0.5, 0.6) is 0 Å². The van der Waals surface area contributed by atoms with E-state index in [9.17, 15) is 23.7 Å². The topological polar surface area (TPSA) is 92.5 Å². The minimum atomic E-state index is -2.96. The van der Waals surface area contributed by atoms with Gasteiger partial charge < -0.3 is 10.4 Å².